The van der Waals surface area contributed by atoms with Gasteiger partial charge in [0.2, 0.25) is 5.91 Å². The van der Waals surface area contributed by atoms with Crippen LogP contribution < -0.4 is 10.6 Å². The quantitative estimate of drug-likeness (QED) is 0.624. The van der Waals surface area contributed by atoms with Crippen molar-refractivity contribution in [3.8, 4) is 11.8 Å². The molecule has 0 spiro atoms. The minimum absolute atomic E-state index is 0.0362. The van der Waals surface area contributed by atoms with Crippen LogP contribution in [0.15, 0.2) is 18.5 Å². The van der Waals surface area contributed by atoms with Crippen molar-refractivity contribution in [1.82, 2.24) is 15.6 Å². The first-order chi connectivity index (χ1) is 9.19. The lowest BCUT2D eigenvalue weighted by molar-refractivity contribution is -0.119. The van der Waals surface area contributed by atoms with Crippen LogP contribution in [0.25, 0.3) is 0 Å². The van der Waals surface area contributed by atoms with E-state index in [1.165, 1.54) is 25.5 Å². The number of aliphatic hydroxyl groups is 1. The summed E-state index contributed by atoms with van der Waals surface area (Å²) in [7, 11) is 1.49. The Kier molecular flexibility index (Phi) is 6.06. The number of carbonyl (C=O) groups excluding carboxylic acids is 2. The van der Waals surface area contributed by atoms with Crippen LogP contribution in [0.3, 0.4) is 0 Å². The zero-order chi connectivity index (χ0) is 14.1. The lowest BCUT2D eigenvalue weighted by atomic mass is 10.1. The molecule has 6 heteroatoms. The van der Waals surface area contributed by atoms with Crippen LogP contribution in [0.5, 0.6) is 0 Å². The van der Waals surface area contributed by atoms with Gasteiger partial charge in [-0.3, -0.25) is 14.6 Å². The standard InChI is InChI=1S/C13H15N3O3/c1-14-12(18)9-16-13(19)11-5-6-15-8-10(11)4-2-3-7-17/h5-6,8,17H,3,7,9H2,1H3,(H,14,18)(H,16,19). The number of hydrogen-bond acceptors (Lipinski definition) is 4. The topological polar surface area (TPSA) is 91.3 Å². The summed E-state index contributed by atoms with van der Waals surface area (Å²) in [5, 5.41) is 13.5. The van der Waals surface area contributed by atoms with E-state index in [4.69, 9.17) is 5.11 Å². The van der Waals surface area contributed by atoms with Gasteiger partial charge in [-0.05, 0) is 6.07 Å². The molecule has 0 atom stereocenters. The molecule has 3 N–H and O–H groups in total. The molecule has 0 unspecified atom stereocenters. The van der Waals surface area contributed by atoms with Gasteiger partial charge in [-0.1, -0.05) is 11.8 Å². The number of nitrogens with zero attached hydrogens (tertiary/aromatic N) is 1. The van der Waals surface area contributed by atoms with E-state index >= 15 is 0 Å². The van der Waals surface area contributed by atoms with Crippen LogP contribution in [0.1, 0.15) is 22.3 Å². The summed E-state index contributed by atoms with van der Waals surface area (Å²) in [6.45, 7) is -0.132. The lowest BCUT2D eigenvalue weighted by Crippen LogP contribution is -2.35. The third kappa shape index (κ3) is 4.77. The van der Waals surface area contributed by atoms with Crippen LogP contribution >= 0.6 is 0 Å². The molecule has 0 aliphatic heterocycles. The molecule has 1 heterocycles. The van der Waals surface area contributed by atoms with Crippen molar-refractivity contribution in [2.75, 3.05) is 20.2 Å². The fourth-order valence-corrected chi connectivity index (χ4v) is 1.25. The van der Waals surface area contributed by atoms with Crippen LogP contribution in [-0.2, 0) is 4.79 Å². The molecule has 0 aliphatic rings. The number of likely N-dealkylation sites (N-methyl/N-ethyl adjacent to an activating group) is 1. The average molecular weight is 261 g/mol. The SMILES string of the molecule is CNC(=O)CNC(=O)c1ccncc1C#CCCO. The van der Waals surface area contributed by atoms with Gasteiger partial charge in [0.05, 0.1) is 24.3 Å². The second-order valence-electron chi connectivity index (χ2n) is 3.55. The molecule has 1 rings (SSSR count). The van der Waals surface area contributed by atoms with Gasteiger partial charge < -0.3 is 15.7 Å². The van der Waals surface area contributed by atoms with Crippen molar-refractivity contribution in [1.29, 1.82) is 0 Å². The minimum Gasteiger partial charge on any atom is -0.395 e. The summed E-state index contributed by atoms with van der Waals surface area (Å²) in [6.07, 6.45) is 3.28. The summed E-state index contributed by atoms with van der Waals surface area (Å²) in [6, 6.07) is 1.53. The third-order valence-corrected chi connectivity index (χ3v) is 2.21. The Bertz CT molecular complexity index is 517. The van der Waals surface area contributed by atoms with E-state index in [0.29, 0.717) is 17.5 Å². The first-order valence-corrected chi connectivity index (χ1v) is 5.71. The molecule has 6 nitrogen and oxygen atoms in total. The van der Waals surface area contributed by atoms with Crippen molar-refractivity contribution in [3.05, 3.63) is 29.6 Å². The maximum absolute atomic E-state index is 11.9. The number of nitrogens with one attached hydrogen (secondary N) is 2. The molecular formula is C13H15N3O3. The highest BCUT2D eigenvalue weighted by atomic mass is 16.2. The molecule has 0 saturated heterocycles. The molecule has 1 aromatic heterocycles. The Morgan fingerprint density at radius 3 is 2.95 bits per heavy atom. The van der Waals surface area contributed by atoms with Crippen LogP contribution in [-0.4, -0.2) is 42.1 Å². The van der Waals surface area contributed by atoms with Gasteiger partial charge in [0.25, 0.3) is 5.91 Å². The molecule has 2 amide bonds. The third-order valence-electron chi connectivity index (χ3n) is 2.21. The number of hydrogen-bond donors (Lipinski definition) is 3. The zero-order valence-corrected chi connectivity index (χ0v) is 10.6. The summed E-state index contributed by atoms with van der Waals surface area (Å²) in [4.78, 5) is 26.8. The lowest BCUT2D eigenvalue weighted by Gasteiger charge is -2.05. The number of carbonyl (C=O) groups is 2. The second-order valence-corrected chi connectivity index (χ2v) is 3.55. The molecule has 100 valence electrons. The molecule has 0 fully saturated rings. The van der Waals surface area contributed by atoms with Crippen LogP contribution in [0.4, 0.5) is 0 Å². The molecule has 0 saturated carbocycles. The summed E-state index contributed by atoms with van der Waals surface area (Å²) < 4.78 is 0. The van der Waals surface area contributed by atoms with Crippen molar-refractivity contribution < 1.29 is 14.7 Å². The molecule has 0 aromatic carbocycles. The average Bonchev–Trinajstić information content (AvgIpc) is 2.45. The summed E-state index contributed by atoms with van der Waals surface area (Å²) in [5.41, 5.74) is 0.815. The summed E-state index contributed by atoms with van der Waals surface area (Å²) in [5.74, 6) is 4.81. The van der Waals surface area contributed by atoms with E-state index in [9.17, 15) is 9.59 Å². The predicted molar refractivity (Wildman–Crippen MR) is 69.2 cm³/mol. The number of aliphatic hydroxyl groups excluding tert-OH is 1. The van der Waals surface area contributed by atoms with Gasteiger partial charge in [0, 0.05) is 25.9 Å². The molecule has 0 radical (unpaired) electrons. The highest BCUT2D eigenvalue weighted by molar-refractivity contribution is 5.98. The van der Waals surface area contributed by atoms with Gasteiger partial charge in [-0.25, -0.2) is 0 Å². The van der Waals surface area contributed by atoms with Gasteiger partial charge >= 0.3 is 0 Å². The molecular weight excluding hydrogens is 246 g/mol. The fourth-order valence-electron chi connectivity index (χ4n) is 1.25. The molecule has 1 aromatic rings. The van der Waals surface area contributed by atoms with E-state index in [1.54, 1.807) is 0 Å². The first kappa shape index (κ1) is 14.7. The normalized spacial score (nSPS) is 9.16. The van der Waals surface area contributed by atoms with E-state index in [0.717, 1.165) is 0 Å². The first-order valence-electron chi connectivity index (χ1n) is 5.71. The zero-order valence-electron chi connectivity index (χ0n) is 10.6. The van der Waals surface area contributed by atoms with E-state index < -0.39 is 0 Å². The predicted octanol–water partition coefficient (Wildman–Crippen LogP) is -0.709. The Morgan fingerprint density at radius 2 is 2.26 bits per heavy atom. The number of rotatable bonds is 4. The number of amides is 2. The second kappa shape index (κ2) is 7.84. The largest absolute Gasteiger partial charge is 0.395 e. The monoisotopic (exact) mass is 261 g/mol. The van der Waals surface area contributed by atoms with Gasteiger partial charge in [0.1, 0.15) is 0 Å². The van der Waals surface area contributed by atoms with Crippen molar-refractivity contribution >= 4 is 11.8 Å². The van der Waals surface area contributed by atoms with E-state index in [2.05, 4.69) is 27.5 Å². The Labute approximate surface area is 111 Å². The highest BCUT2D eigenvalue weighted by Gasteiger charge is 2.10. The molecule has 0 bridgehead atoms. The van der Waals surface area contributed by atoms with Gasteiger partial charge in [0.15, 0.2) is 0 Å². The van der Waals surface area contributed by atoms with Gasteiger partial charge in [-0.2, -0.15) is 0 Å². The number of aromatic nitrogens is 1. The Morgan fingerprint density at radius 1 is 1.47 bits per heavy atom. The van der Waals surface area contributed by atoms with E-state index in [-0.39, 0.29) is 25.0 Å². The smallest absolute Gasteiger partial charge is 0.253 e. The summed E-state index contributed by atoms with van der Waals surface area (Å²) >= 11 is 0. The fraction of sp³-hybridized carbons (Fsp3) is 0.308. The molecule has 19 heavy (non-hydrogen) atoms. The van der Waals surface area contributed by atoms with Crippen LogP contribution in [0.2, 0.25) is 0 Å². The maximum atomic E-state index is 11.9. The maximum Gasteiger partial charge on any atom is 0.253 e. The highest BCUT2D eigenvalue weighted by Crippen LogP contribution is 2.05. The van der Waals surface area contributed by atoms with Crippen LogP contribution in [0, 0.1) is 11.8 Å². The van der Waals surface area contributed by atoms with Crippen molar-refractivity contribution in [3.63, 3.8) is 0 Å². The minimum atomic E-state index is -0.390. The van der Waals surface area contributed by atoms with Crippen molar-refractivity contribution in [2.24, 2.45) is 0 Å². The molecule has 0 aliphatic carbocycles. The van der Waals surface area contributed by atoms with E-state index in [1.807, 2.05) is 0 Å². The Balaban J connectivity index is 2.80. The Hall–Kier alpha value is -2.39. The number of pyridine rings is 1. The van der Waals surface area contributed by atoms with Gasteiger partial charge in [-0.15, -0.1) is 0 Å². The van der Waals surface area contributed by atoms with Crippen molar-refractivity contribution in [2.45, 2.75) is 6.42 Å².